The summed E-state index contributed by atoms with van der Waals surface area (Å²) in [4.78, 5) is 36.6. The lowest BCUT2D eigenvalue weighted by Crippen LogP contribution is -2.54. The molecule has 2 atom stereocenters. The molecule has 2 amide bonds. The van der Waals surface area contributed by atoms with Gasteiger partial charge in [0.1, 0.15) is 12.2 Å². The smallest absolute Gasteiger partial charge is 0.407 e. The molecule has 1 aromatic rings. The highest BCUT2D eigenvalue weighted by Gasteiger charge is 2.30. The van der Waals surface area contributed by atoms with Crippen LogP contribution in [-0.2, 0) is 25.6 Å². The Balaban J connectivity index is 2.88. The number of nitrogens with one attached hydrogen (secondary N) is 2. The maximum atomic E-state index is 12.4. The van der Waals surface area contributed by atoms with Crippen LogP contribution < -0.4 is 10.6 Å². The van der Waals surface area contributed by atoms with E-state index in [2.05, 4.69) is 10.6 Å². The van der Waals surface area contributed by atoms with Crippen LogP contribution in [-0.4, -0.2) is 43.0 Å². The van der Waals surface area contributed by atoms with Gasteiger partial charge in [0.05, 0.1) is 25.6 Å². The highest BCUT2D eigenvalue weighted by molar-refractivity contribution is 5.74. The van der Waals surface area contributed by atoms with Crippen LogP contribution in [0.1, 0.15) is 53.0 Å². The Kier molecular flexibility index (Phi) is 10.1. The monoisotopic (exact) mass is 422 g/mol. The number of hydrogen-bond acceptors (Lipinski definition) is 6. The van der Waals surface area contributed by atoms with Crippen LogP contribution in [0, 0.1) is 5.92 Å². The van der Waals surface area contributed by atoms with Crippen LogP contribution >= 0.6 is 0 Å². The van der Waals surface area contributed by atoms with E-state index in [0.717, 1.165) is 5.56 Å². The third kappa shape index (κ3) is 10.7. The number of rotatable bonds is 9. The minimum absolute atomic E-state index is 0.0892. The van der Waals surface area contributed by atoms with Crippen molar-refractivity contribution < 1.29 is 28.6 Å². The van der Waals surface area contributed by atoms with Gasteiger partial charge in [0.2, 0.25) is 0 Å². The number of alkyl carbamates (subject to hydrolysis) is 2. The summed E-state index contributed by atoms with van der Waals surface area (Å²) in [5, 5.41) is 5.47. The highest BCUT2D eigenvalue weighted by atomic mass is 16.6. The lowest BCUT2D eigenvalue weighted by molar-refractivity contribution is -0.141. The van der Waals surface area contributed by atoms with Gasteiger partial charge in [-0.25, -0.2) is 9.59 Å². The largest absolute Gasteiger partial charge is 0.469 e. The summed E-state index contributed by atoms with van der Waals surface area (Å²) in [6, 6.07) is 7.96. The molecule has 0 bridgehead atoms. The number of methoxy groups -OCH3 is 1. The molecule has 0 spiro atoms. The van der Waals surface area contributed by atoms with Crippen LogP contribution in [0.25, 0.3) is 0 Å². The average molecular weight is 423 g/mol. The summed E-state index contributed by atoms with van der Waals surface area (Å²) in [5.74, 6) is -0.324. The van der Waals surface area contributed by atoms with Gasteiger partial charge in [-0.2, -0.15) is 0 Å². The normalized spacial score (nSPS) is 13.2. The van der Waals surface area contributed by atoms with Crippen LogP contribution in [0.5, 0.6) is 0 Å². The zero-order chi connectivity index (χ0) is 22.7. The Hall–Kier alpha value is -2.77. The van der Waals surface area contributed by atoms with E-state index in [1.54, 1.807) is 20.8 Å². The Morgan fingerprint density at radius 2 is 1.57 bits per heavy atom. The molecular formula is C22H34N2O6. The summed E-state index contributed by atoms with van der Waals surface area (Å²) in [6.07, 6.45) is -0.917. The number of carbonyl (C=O) groups excluding carboxylic acids is 3. The highest BCUT2D eigenvalue weighted by Crippen LogP contribution is 2.14. The number of esters is 1. The van der Waals surface area contributed by atoms with Crippen LogP contribution in [0.4, 0.5) is 9.59 Å². The van der Waals surface area contributed by atoms with Crippen molar-refractivity contribution in [3.05, 3.63) is 35.9 Å². The van der Waals surface area contributed by atoms with E-state index in [1.807, 2.05) is 44.2 Å². The molecule has 1 rings (SSSR count). The minimum Gasteiger partial charge on any atom is -0.469 e. The maximum absolute atomic E-state index is 12.4. The maximum Gasteiger partial charge on any atom is 0.407 e. The topological polar surface area (TPSA) is 103 Å². The van der Waals surface area contributed by atoms with Crippen molar-refractivity contribution in [2.75, 3.05) is 7.11 Å². The van der Waals surface area contributed by atoms with E-state index in [1.165, 1.54) is 7.11 Å². The first-order valence-electron chi connectivity index (χ1n) is 10.0. The SMILES string of the molecule is COC(=O)C[C@H](NC(=O)OCc1ccccc1)[C@H](CC(C)C)NC(=O)OC(C)(C)C. The van der Waals surface area contributed by atoms with Gasteiger partial charge >= 0.3 is 18.2 Å². The molecule has 0 aliphatic carbocycles. The van der Waals surface area contributed by atoms with Crippen LogP contribution in [0.3, 0.4) is 0 Å². The third-order valence-corrected chi connectivity index (χ3v) is 4.04. The lowest BCUT2D eigenvalue weighted by atomic mass is 9.95. The van der Waals surface area contributed by atoms with Crippen LogP contribution in [0.2, 0.25) is 0 Å². The van der Waals surface area contributed by atoms with Crippen molar-refractivity contribution in [1.82, 2.24) is 10.6 Å². The van der Waals surface area contributed by atoms with E-state index < -0.39 is 35.8 Å². The molecule has 2 N–H and O–H groups in total. The van der Waals surface area contributed by atoms with Gasteiger partial charge in [-0.15, -0.1) is 0 Å². The van der Waals surface area contributed by atoms with Crippen molar-refractivity contribution in [3.63, 3.8) is 0 Å². The molecule has 0 aliphatic rings. The van der Waals surface area contributed by atoms with Crippen molar-refractivity contribution in [3.8, 4) is 0 Å². The third-order valence-electron chi connectivity index (χ3n) is 4.04. The first-order valence-corrected chi connectivity index (χ1v) is 10.0. The summed E-state index contributed by atoms with van der Waals surface area (Å²) in [6.45, 7) is 9.32. The molecule has 0 saturated heterocycles. The fourth-order valence-corrected chi connectivity index (χ4v) is 2.76. The van der Waals surface area contributed by atoms with Gasteiger partial charge in [0.25, 0.3) is 0 Å². The summed E-state index contributed by atoms with van der Waals surface area (Å²) < 4.78 is 15.4. The molecule has 0 radical (unpaired) electrons. The van der Waals surface area contributed by atoms with Crippen molar-refractivity contribution >= 4 is 18.2 Å². The number of carbonyl (C=O) groups is 3. The predicted octanol–water partition coefficient (Wildman–Crippen LogP) is 3.78. The molecule has 0 unspecified atom stereocenters. The average Bonchev–Trinajstić information content (AvgIpc) is 2.64. The van der Waals surface area contributed by atoms with Gasteiger partial charge in [-0.05, 0) is 38.7 Å². The van der Waals surface area contributed by atoms with Crippen molar-refractivity contribution in [2.24, 2.45) is 5.92 Å². The van der Waals surface area contributed by atoms with Crippen LogP contribution in [0.15, 0.2) is 30.3 Å². The van der Waals surface area contributed by atoms with E-state index in [9.17, 15) is 14.4 Å². The standard InChI is InChI=1S/C22H34N2O6/c1-15(2)12-17(24-21(27)30-22(3,4)5)18(13-19(25)28-6)23-20(26)29-14-16-10-8-7-9-11-16/h7-11,15,17-18H,12-14H2,1-6H3,(H,23,26)(H,24,27)/t17-,18-/m0/s1. The Bertz CT molecular complexity index is 685. The van der Waals surface area contributed by atoms with E-state index in [-0.39, 0.29) is 18.9 Å². The minimum atomic E-state index is -0.726. The van der Waals surface area contributed by atoms with E-state index in [0.29, 0.717) is 6.42 Å². The Morgan fingerprint density at radius 3 is 2.10 bits per heavy atom. The van der Waals surface area contributed by atoms with E-state index >= 15 is 0 Å². The molecule has 8 nitrogen and oxygen atoms in total. The fraction of sp³-hybridized carbons (Fsp3) is 0.591. The molecule has 0 aromatic heterocycles. The molecule has 168 valence electrons. The second kappa shape index (κ2) is 12.0. The van der Waals surface area contributed by atoms with Gasteiger partial charge in [-0.3, -0.25) is 4.79 Å². The van der Waals surface area contributed by atoms with Crippen molar-refractivity contribution in [1.29, 1.82) is 0 Å². The lowest BCUT2D eigenvalue weighted by Gasteiger charge is -2.30. The molecule has 0 fully saturated rings. The number of amides is 2. The molecule has 8 heteroatoms. The number of ether oxygens (including phenoxy) is 3. The fourth-order valence-electron chi connectivity index (χ4n) is 2.76. The summed E-state index contributed by atoms with van der Waals surface area (Å²) in [7, 11) is 1.27. The molecule has 1 aromatic carbocycles. The molecule has 30 heavy (non-hydrogen) atoms. The number of hydrogen-bond donors (Lipinski definition) is 2. The second-order valence-electron chi connectivity index (χ2n) is 8.48. The first kappa shape index (κ1) is 25.3. The van der Waals surface area contributed by atoms with Gasteiger partial charge in [-0.1, -0.05) is 44.2 Å². The predicted molar refractivity (Wildman–Crippen MR) is 113 cm³/mol. The van der Waals surface area contributed by atoms with Gasteiger partial charge < -0.3 is 24.8 Å². The second-order valence-corrected chi connectivity index (χ2v) is 8.48. The Morgan fingerprint density at radius 1 is 0.967 bits per heavy atom. The number of benzene rings is 1. The van der Waals surface area contributed by atoms with E-state index in [4.69, 9.17) is 14.2 Å². The van der Waals surface area contributed by atoms with Crippen molar-refractivity contribution in [2.45, 2.75) is 71.8 Å². The Labute approximate surface area is 178 Å². The quantitative estimate of drug-likeness (QED) is 0.464. The molecule has 0 heterocycles. The van der Waals surface area contributed by atoms with Gasteiger partial charge in [0, 0.05) is 0 Å². The van der Waals surface area contributed by atoms with Gasteiger partial charge in [0.15, 0.2) is 0 Å². The molecule has 0 aliphatic heterocycles. The molecule has 0 saturated carbocycles. The summed E-state index contributed by atoms with van der Waals surface area (Å²) >= 11 is 0. The molecular weight excluding hydrogens is 388 g/mol. The first-order chi connectivity index (χ1) is 14.0. The summed E-state index contributed by atoms with van der Waals surface area (Å²) in [5.41, 5.74) is 0.162. The zero-order valence-electron chi connectivity index (χ0n) is 18.7. The zero-order valence-corrected chi connectivity index (χ0v) is 18.7.